The normalized spacial score (nSPS) is 13.2. The average Bonchev–Trinajstić information content (AvgIpc) is 3.92. The van der Waals surface area contributed by atoms with Gasteiger partial charge in [0, 0.05) is 67.6 Å². The van der Waals surface area contributed by atoms with Crippen LogP contribution < -0.4 is 0 Å². The Morgan fingerprint density at radius 3 is 0.821 bits per heavy atom. The van der Waals surface area contributed by atoms with Crippen LogP contribution in [0, 0.1) is 0 Å². The van der Waals surface area contributed by atoms with Crippen molar-refractivity contribution in [2.75, 3.05) is 0 Å². The van der Waals surface area contributed by atoms with Gasteiger partial charge in [-0.1, -0.05) is 248 Å². The van der Waals surface area contributed by atoms with E-state index < -0.39 is 0 Å². The van der Waals surface area contributed by atoms with Gasteiger partial charge in [0.05, 0.1) is 16.4 Å². The molecule has 0 bridgehead atoms. The summed E-state index contributed by atoms with van der Waals surface area (Å²) in [6, 6.07) is 17.4. The summed E-state index contributed by atoms with van der Waals surface area (Å²) >= 11 is 1.84. The van der Waals surface area contributed by atoms with Crippen molar-refractivity contribution in [1.82, 2.24) is 20.3 Å². The van der Waals surface area contributed by atoms with Gasteiger partial charge in [-0.15, -0.1) is 11.3 Å². The third-order valence-electron chi connectivity index (χ3n) is 10.9. The second kappa shape index (κ2) is 22.0. The van der Waals surface area contributed by atoms with Crippen LogP contribution in [-0.4, -0.2) is 20.3 Å². The number of hydrogen-bond acceptors (Lipinski definition) is 7. The molecule has 0 saturated carbocycles. The van der Waals surface area contributed by atoms with Crippen LogP contribution in [0.15, 0.2) is 70.0 Å². The van der Waals surface area contributed by atoms with E-state index in [1.807, 2.05) is 23.7 Å². The molecule has 0 fully saturated rings. The predicted molar refractivity (Wildman–Crippen MR) is 293 cm³/mol. The van der Waals surface area contributed by atoms with Gasteiger partial charge in [-0.2, -0.15) is 0 Å². The molecule has 5 aromatic rings. The lowest BCUT2D eigenvalue weighted by molar-refractivity contribution is 0.319. The molecule has 7 heteroatoms. The molecular weight excluding hydrogens is 841 g/mol. The fraction of sp³-hybridized carbons (Fsp3) is 0.667. The molecule has 0 radical (unpaired) electrons. The topological polar surface area (TPSA) is 77.8 Å². The van der Waals surface area contributed by atoms with Gasteiger partial charge in [-0.3, -0.25) is 4.98 Å². The zero-order valence-corrected chi connectivity index (χ0v) is 49.6. The van der Waals surface area contributed by atoms with Gasteiger partial charge in [-0.05, 0) is 44.4 Å². The Bertz CT molecular complexity index is 1830. The number of aromatic nitrogens is 4. The summed E-state index contributed by atoms with van der Waals surface area (Å²) in [5, 5.41) is 9.39. The van der Waals surface area contributed by atoms with Gasteiger partial charge < -0.3 is 9.05 Å². The molecule has 4 aromatic heterocycles. The van der Waals surface area contributed by atoms with Crippen LogP contribution in [-0.2, 0) is 54.1 Å². The quantitative estimate of drug-likeness (QED) is 0.154. The minimum absolute atomic E-state index is 0.0521. The molecule has 4 heterocycles. The molecule has 0 spiro atoms. The fourth-order valence-corrected chi connectivity index (χ4v) is 6.71. The molecule has 0 N–H and O–H groups in total. The molecule has 378 valence electrons. The Kier molecular flexibility index (Phi) is 20.2. The molecule has 0 saturated heterocycles. The number of benzene rings is 1. The van der Waals surface area contributed by atoms with Gasteiger partial charge in [0.1, 0.15) is 11.5 Å². The van der Waals surface area contributed by atoms with Crippen molar-refractivity contribution in [1.29, 1.82) is 0 Å². The predicted octanol–water partition coefficient (Wildman–Crippen LogP) is 18.2. The van der Waals surface area contributed by atoms with Crippen molar-refractivity contribution >= 4 is 11.3 Å². The van der Waals surface area contributed by atoms with Gasteiger partial charge >= 0.3 is 0 Å². The summed E-state index contributed by atoms with van der Waals surface area (Å²) in [6.07, 6.45) is 4.02. The maximum atomic E-state index is 5.31. The Hall–Kier alpha value is -3.58. The van der Waals surface area contributed by atoms with E-state index in [-0.39, 0.29) is 54.1 Å². The summed E-state index contributed by atoms with van der Waals surface area (Å²) < 4.78 is 10.6. The van der Waals surface area contributed by atoms with E-state index in [2.05, 4.69) is 277 Å². The van der Waals surface area contributed by atoms with E-state index in [0.29, 0.717) is 0 Å². The lowest BCUT2D eigenvalue weighted by atomic mass is 9.82. The molecule has 0 atom stereocenters. The molecule has 0 aliphatic rings. The smallest absolute Gasteiger partial charge is 0.142 e. The third-order valence-corrected chi connectivity index (χ3v) is 12.8. The summed E-state index contributed by atoms with van der Waals surface area (Å²) in [6.45, 7) is 65.6. The lowest BCUT2D eigenvalue weighted by Crippen LogP contribution is -2.16. The largest absolute Gasteiger partial charge is 0.361 e. The average molecular weight is 942 g/mol. The van der Waals surface area contributed by atoms with Crippen LogP contribution in [0.1, 0.15) is 263 Å². The van der Waals surface area contributed by atoms with Crippen molar-refractivity contribution < 1.29 is 9.05 Å². The maximum absolute atomic E-state index is 5.31. The number of rotatable bonds is 0. The van der Waals surface area contributed by atoms with Crippen LogP contribution >= 0.6 is 11.3 Å². The first-order valence-electron chi connectivity index (χ1n) is 24.6. The highest BCUT2D eigenvalue weighted by atomic mass is 32.1. The molecule has 0 aliphatic heterocycles. The second-order valence-electron chi connectivity index (χ2n) is 28.7. The van der Waals surface area contributed by atoms with Crippen molar-refractivity contribution in [3.8, 4) is 0 Å². The Morgan fingerprint density at radius 2 is 0.642 bits per heavy atom. The van der Waals surface area contributed by atoms with E-state index >= 15 is 0 Å². The van der Waals surface area contributed by atoms with Crippen molar-refractivity contribution in [2.24, 2.45) is 0 Å². The second-order valence-corrected chi connectivity index (χ2v) is 29.7. The first kappa shape index (κ1) is 61.4. The maximum Gasteiger partial charge on any atom is 0.142 e. The van der Waals surface area contributed by atoms with Crippen molar-refractivity contribution in [3.05, 3.63) is 116 Å². The Balaban J connectivity index is 0.000000419. The van der Waals surface area contributed by atoms with E-state index in [1.165, 1.54) is 26.6 Å². The molecule has 5 rings (SSSR count). The molecule has 1 aromatic carbocycles. The van der Waals surface area contributed by atoms with Crippen molar-refractivity contribution in [3.63, 3.8) is 0 Å². The lowest BCUT2D eigenvalue weighted by Gasteiger charge is -2.23. The highest BCUT2D eigenvalue weighted by Crippen LogP contribution is 2.34. The van der Waals surface area contributed by atoms with Gasteiger partial charge in [0.2, 0.25) is 0 Å². The van der Waals surface area contributed by atoms with Gasteiger partial charge in [0.25, 0.3) is 0 Å². The molecule has 0 aliphatic carbocycles. The number of pyridine rings is 1. The molecule has 67 heavy (non-hydrogen) atoms. The van der Waals surface area contributed by atoms with Gasteiger partial charge in [0.15, 0.2) is 0 Å². The van der Waals surface area contributed by atoms with Crippen LogP contribution in [0.25, 0.3) is 0 Å². The summed E-state index contributed by atoms with van der Waals surface area (Å²) in [4.78, 5) is 10.4. The molecule has 6 nitrogen and oxygen atoms in total. The summed E-state index contributed by atoms with van der Waals surface area (Å²) in [5.74, 6) is 1.91. The number of nitrogens with zero attached hydrogens (tertiary/aromatic N) is 4. The summed E-state index contributed by atoms with van der Waals surface area (Å²) in [7, 11) is 0. The standard InChI is InChI=1S/C14H22.C13H21N.2C11H19NO.C11H19NS/c1-13(2,3)11-7-9-12(10-8-11)14(4,5)6;1-12(2,3)10-7-8-11(14-9-10)13(4,5)6;2*1-10(2,3)8-7-9(13-12-8)11(4,5)6;1-10(2,3)8-7-12-9(13-8)11(4,5)6/h7-10H,1-6H3;7-9H,1-6H3;3*7H,1-6H3. The van der Waals surface area contributed by atoms with Crippen LogP contribution in [0.4, 0.5) is 0 Å². The SMILES string of the molecule is CC(C)(C)c1cc(C(C)(C)C)on1.CC(C)(C)c1cc(C(C)(C)C)on1.CC(C)(C)c1ccc(C(C)(C)C)cc1.CC(C)(C)c1ccc(C(C)(C)C)nc1.CC(C)(C)c1cnc(C(C)(C)C)s1. The van der Waals surface area contributed by atoms with Crippen LogP contribution in [0.3, 0.4) is 0 Å². The minimum Gasteiger partial charge on any atom is -0.361 e. The van der Waals surface area contributed by atoms with E-state index in [0.717, 1.165) is 28.6 Å². The summed E-state index contributed by atoms with van der Waals surface area (Å²) in [5.41, 5.74) is 8.87. The number of thiazole rings is 1. The molecule has 0 unspecified atom stereocenters. The highest BCUT2D eigenvalue weighted by molar-refractivity contribution is 7.11. The third kappa shape index (κ3) is 21.3. The minimum atomic E-state index is 0.0521. The highest BCUT2D eigenvalue weighted by Gasteiger charge is 2.27. The zero-order chi connectivity index (χ0) is 52.8. The Morgan fingerprint density at radius 1 is 0.313 bits per heavy atom. The van der Waals surface area contributed by atoms with Crippen LogP contribution in [0.2, 0.25) is 0 Å². The first-order chi connectivity index (χ1) is 29.6. The zero-order valence-electron chi connectivity index (χ0n) is 48.8. The van der Waals surface area contributed by atoms with Crippen LogP contribution in [0.5, 0.6) is 0 Å². The Labute approximate surface area is 416 Å². The monoisotopic (exact) mass is 941 g/mol. The van der Waals surface area contributed by atoms with E-state index in [4.69, 9.17) is 9.05 Å². The molecular formula is C60H100N4O2S. The molecule has 0 amide bonds. The first-order valence-corrected chi connectivity index (χ1v) is 25.4. The van der Waals surface area contributed by atoms with E-state index in [1.54, 1.807) is 0 Å². The van der Waals surface area contributed by atoms with Gasteiger partial charge in [-0.25, -0.2) is 4.98 Å². The van der Waals surface area contributed by atoms with E-state index in [9.17, 15) is 0 Å². The fourth-order valence-electron chi connectivity index (χ4n) is 5.68. The number of hydrogen-bond donors (Lipinski definition) is 0. The van der Waals surface area contributed by atoms with Crippen molar-refractivity contribution in [2.45, 2.75) is 262 Å².